The molecule has 220 valence electrons. The summed E-state index contributed by atoms with van der Waals surface area (Å²) in [6, 6.07) is 15.4. The van der Waals surface area contributed by atoms with Gasteiger partial charge in [-0.3, -0.25) is 24.6 Å². The van der Waals surface area contributed by atoms with Crippen molar-refractivity contribution in [3.63, 3.8) is 0 Å². The van der Waals surface area contributed by atoms with Crippen molar-refractivity contribution in [1.29, 1.82) is 0 Å². The van der Waals surface area contributed by atoms with Crippen LogP contribution in [0.25, 0.3) is 0 Å². The Hall–Kier alpha value is -4.75. The summed E-state index contributed by atoms with van der Waals surface area (Å²) in [4.78, 5) is 48.1. The summed E-state index contributed by atoms with van der Waals surface area (Å²) in [5.41, 5.74) is 1.54. The smallest absolute Gasteiger partial charge is 0.287 e. The topological polar surface area (TPSA) is 131 Å². The van der Waals surface area contributed by atoms with Gasteiger partial charge in [-0.1, -0.05) is 6.07 Å². The first-order chi connectivity index (χ1) is 20.2. The molecule has 0 aliphatic carbocycles. The van der Waals surface area contributed by atoms with Gasteiger partial charge in [-0.05, 0) is 56.1 Å². The number of piperazine rings is 1. The first-order valence-corrected chi connectivity index (χ1v) is 13.5. The lowest BCUT2D eigenvalue weighted by Crippen LogP contribution is -2.52. The van der Waals surface area contributed by atoms with Crippen LogP contribution in [-0.4, -0.2) is 96.6 Å². The number of aromatic nitrogens is 1. The van der Waals surface area contributed by atoms with E-state index in [9.17, 15) is 19.7 Å². The number of carbonyl (C=O) groups excluding carboxylic acids is 2. The average molecular weight is 577 g/mol. The Morgan fingerprint density at radius 3 is 2.38 bits per heavy atom. The summed E-state index contributed by atoms with van der Waals surface area (Å²) in [5, 5.41) is 10.8. The normalized spacial score (nSPS) is 14.6. The van der Waals surface area contributed by atoms with Crippen molar-refractivity contribution in [2.75, 3.05) is 65.1 Å². The zero-order valence-electron chi connectivity index (χ0n) is 23.5. The number of nitro groups is 1. The number of nitrogens with zero attached hydrogens (tertiary/aromatic N) is 6. The van der Waals surface area contributed by atoms with Crippen molar-refractivity contribution < 1.29 is 28.7 Å². The van der Waals surface area contributed by atoms with E-state index in [0.717, 1.165) is 29.8 Å². The van der Waals surface area contributed by atoms with Gasteiger partial charge in [-0.15, -0.1) is 0 Å². The number of amides is 2. The minimum atomic E-state index is -0.534. The third-order valence-corrected chi connectivity index (χ3v) is 6.92. The second kappa shape index (κ2) is 12.8. The Morgan fingerprint density at radius 2 is 1.71 bits per heavy atom. The number of hydrogen-bond acceptors (Lipinski definition) is 10. The number of anilines is 1. The first-order valence-electron chi connectivity index (χ1n) is 13.5. The number of benzene rings is 2. The van der Waals surface area contributed by atoms with E-state index in [2.05, 4.69) is 9.88 Å². The Labute approximate surface area is 242 Å². The van der Waals surface area contributed by atoms with E-state index in [1.54, 1.807) is 48.2 Å². The molecule has 2 amide bonds. The van der Waals surface area contributed by atoms with Crippen molar-refractivity contribution in [2.24, 2.45) is 0 Å². The number of fused-ring (bicyclic) bond motifs is 1. The molecule has 2 aliphatic rings. The molecule has 1 aromatic heterocycles. The highest BCUT2D eigenvalue weighted by Crippen LogP contribution is 2.33. The van der Waals surface area contributed by atoms with Crippen molar-refractivity contribution in [1.82, 2.24) is 19.7 Å². The summed E-state index contributed by atoms with van der Waals surface area (Å²) in [5.74, 6) is 1.81. The van der Waals surface area contributed by atoms with Gasteiger partial charge >= 0.3 is 0 Å². The lowest BCUT2D eigenvalue weighted by Gasteiger charge is -2.36. The Bertz CT molecular complexity index is 1420. The molecule has 0 N–H and O–H groups in total. The van der Waals surface area contributed by atoms with E-state index in [0.29, 0.717) is 37.6 Å². The SMILES string of the molecule is CN(C)CC(=O)N(CC(=O)N1CCN(Cc2ccc3c(c2)OCO3)CC1)c1ccc(Oc2ccc([N+](=O)[O-])cn2)cc1. The van der Waals surface area contributed by atoms with E-state index in [1.807, 2.05) is 18.2 Å². The van der Waals surface area contributed by atoms with Crippen molar-refractivity contribution in [3.8, 4) is 23.1 Å². The molecule has 2 aromatic carbocycles. The van der Waals surface area contributed by atoms with Gasteiger partial charge in [-0.2, -0.15) is 0 Å². The minimum Gasteiger partial charge on any atom is -0.454 e. The number of pyridine rings is 1. The maximum absolute atomic E-state index is 13.3. The van der Waals surface area contributed by atoms with Crippen LogP contribution in [0.4, 0.5) is 11.4 Å². The highest BCUT2D eigenvalue weighted by Gasteiger charge is 2.26. The number of carbonyl (C=O) groups is 2. The van der Waals surface area contributed by atoms with Crippen LogP contribution in [0, 0.1) is 10.1 Å². The van der Waals surface area contributed by atoms with Crippen LogP contribution < -0.4 is 19.1 Å². The molecule has 0 atom stereocenters. The molecular weight excluding hydrogens is 544 g/mol. The fourth-order valence-corrected chi connectivity index (χ4v) is 4.72. The highest BCUT2D eigenvalue weighted by atomic mass is 16.7. The minimum absolute atomic E-state index is 0.0844. The van der Waals surface area contributed by atoms with E-state index < -0.39 is 4.92 Å². The molecule has 1 fully saturated rings. The van der Waals surface area contributed by atoms with Crippen LogP contribution in [0.5, 0.6) is 23.1 Å². The molecule has 13 nitrogen and oxygen atoms in total. The van der Waals surface area contributed by atoms with Crippen LogP contribution in [0.2, 0.25) is 0 Å². The fraction of sp³-hybridized carbons (Fsp3) is 0.345. The number of hydrogen-bond donors (Lipinski definition) is 0. The predicted molar refractivity (Wildman–Crippen MR) is 153 cm³/mol. The molecular formula is C29H32N6O7. The predicted octanol–water partition coefficient (Wildman–Crippen LogP) is 2.75. The van der Waals surface area contributed by atoms with Gasteiger partial charge in [0.1, 0.15) is 18.5 Å². The Morgan fingerprint density at radius 1 is 0.976 bits per heavy atom. The van der Waals surface area contributed by atoms with Gasteiger partial charge in [0, 0.05) is 50.5 Å². The Kier molecular flexibility index (Phi) is 8.79. The van der Waals surface area contributed by atoms with E-state index >= 15 is 0 Å². The standard InChI is InChI=1S/C29H32N6O7/c1-31(2)18-29(37)34(22-4-7-24(8-5-22)42-27-10-6-23(16-30-27)35(38)39)19-28(36)33-13-11-32(12-14-33)17-21-3-9-25-26(15-21)41-20-40-25/h3-10,15-16H,11-14,17-20H2,1-2H3. The summed E-state index contributed by atoms with van der Waals surface area (Å²) in [7, 11) is 3.59. The zero-order chi connectivity index (χ0) is 29.6. The molecule has 13 heteroatoms. The largest absolute Gasteiger partial charge is 0.454 e. The van der Waals surface area contributed by atoms with Crippen LogP contribution >= 0.6 is 0 Å². The third kappa shape index (κ3) is 7.11. The van der Waals surface area contributed by atoms with Crippen molar-refractivity contribution in [3.05, 3.63) is 76.5 Å². The number of likely N-dealkylation sites (N-methyl/N-ethyl adjacent to an activating group) is 1. The second-order valence-electron chi connectivity index (χ2n) is 10.3. The molecule has 3 aromatic rings. The summed E-state index contributed by atoms with van der Waals surface area (Å²) < 4.78 is 16.6. The first kappa shape index (κ1) is 28.8. The van der Waals surface area contributed by atoms with Crippen molar-refractivity contribution in [2.45, 2.75) is 6.54 Å². The average Bonchev–Trinajstić information content (AvgIpc) is 3.45. The monoisotopic (exact) mass is 576 g/mol. The van der Waals surface area contributed by atoms with Crippen LogP contribution in [-0.2, 0) is 16.1 Å². The van der Waals surface area contributed by atoms with E-state index in [-0.39, 0.29) is 43.3 Å². The molecule has 0 unspecified atom stereocenters. The summed E-state index contributed by atoms with van der Waals surface area (Å²) >= 11 is 0. The van der Waals surface area contributed by atoms with Crippen molar-refractivity contribution >= 4 is 23.2 Å². The number of ether oxygens (including phenoxy) is 3. The lowest BCUT2D eigenvalue weighted by molar-refractivity contribution is -0.385. The van der Waals surface area contributed by atoms with Gasteiger partial charge in [0.15, 0.2) is 11.5 Å². The van der Waals surface area contributed by atoms with Gasteiger partial charge in [0.2, 0.25) is 24.5 Å². The molecule has 5 rings (SSSR count). The number of rotatable bonds is 10. The second-order valence-corrected chi connectivity index (χ2v) is 10.3. The molecule has 0 bridgehead atoms. The maximum Gasteiger partial charge on any atom is 0.287 e. The third-order valence-electron chi connectivity index (χ3n) is 6.92. The van der Waals surface area contributed by atoms with Crippen LogP contribution in [0.3, 0.4) is 0 Å². The molecule has 1 saturated heterocycles. The van der Waals surface area contributed by atoms with Crippen LogP contribution in [0.1, 0.15) is 5.56 Å². The lowest BCUT2D eigenvalue weighted by atomic mass is 10.1. The van der Waals surface area contributed by atoms with Gasteiger partial charge < -0.3 is 28.9 Å². The highest BCUT2D eigenvalue weighted by molar-refractivity contribution is 5.99. The fourth-order valence-electron chi connectivity index (χ4n) is 4.72. The van der Waals surface area contributed by atoms with E-state index in [1.165, 1.54) is 17.0 Å². The molecule has 0 spiro atoms. The molecule has 3 heterocycles. The summed E-state index contributed by atoms with van der Waals surface area (Å²) in [6.45, 7) is 3.60. The van der Waals surface area contributed by atoms with Crippen LogP contribution in [0.15, 0.2) is 60.8 Å². The molecule has 0 radical (unpaired) electrons. The Balaban J connectivity index is 1.19. The quantitative estimate of drug-likeness (QED) is 0.262. The molecule has 42 heavy (non-hydrogen) atoms. The summed E-state index contributed by atoms with van der Waals surface area (Å²) in [6.07, 6.45) is 1.12. The van der Waals surface area contributed by atoms with Gasteiger partial charge in [0.25, 0.3) is 5.69 Å². The zero-order valence-corrected chi connectivity index (χ0v) is 23.5. The molecule has 2 aliphatic heterocycles. The van der Waals surface area contributed by atoms with Gasteiger partial charge in [-0.25, -0.2) is 4.98 Å². The molecule has 0 saturated carbocycles. The maximum atomic E-state index is 13.3. The van der Waals surface area contributed by atoms with E-state index in [4.69, 9.17) is 14.2 Å². The van der Waals surface area contributed by atoms with Gasteiger partial charge in [0.05, 0.1) is 11.5 Å².